The third-order valence-corrected chi connectivity index (χ3v) is 3.27. The molecule has 0 aromatic heterocycles. The second-order valence-corrected chi connectivity index (χ2v) is 4.62. The molecule has 0 amide bonds. The maximum Gasteiger partial charge on any atom is 0.160 e. The van der Waals surface area contributed by atoms with E-state index >= 15 is 0 Å². The van der Waals surface area contributed by atoms with Gasteiger partial charge in [0.2, 0.25) is 0 Å². The van der Waals surface area contributed by atoms with Crippen LogP contribution in [0.2, 0.25) is 10.0 Å². The van der Waals surface area contributed by atoms with Gasteiger partial charge in [0.1, 0.15) is 0 Å². The molecule has 1 saturated heterocycles. The second-order valence-electron chi connectivity index (χ2n) is 3.80. The number of piperidine rings is 1. The van der Waals surface area contributed by atoms with Crippen LogP contribution in [-0.2, 0) is 0 Å². The molecule has 0 radical (unpaired) electrons. The van der Waals surface area contributed by atoms with Crippen molar-refractivity contribution in [1.29, 1.82) is 0 Å². The number of rotatable bonds is 1. The van der Waals surface area contributed by atoms with Crippen molar-refractivity contribution in [3.8, 4) is 0 Å². The van der Waals surface area contributed by atoms with Crippen molar-refractivity contribution >= 4 is 23.2 Å². The first-order valence-electron chi connectivity index (χ1n) is 5.06. The zero-order valence-electron chi connectivity index (χ0n) is 8.19. The molecule has 1 aromatic rings. The molecule has 1 unspecified atom stereocenters. The predicted molar refractivity (Wildman–Crippen MR) is 61.0 cm³/mol. The van der Waals surface area contributed by atoms with E-state index in [1.54, 1.807) is 12.1 Å². The molecule has 1 aliphatic heterocycles. The molecular formula is C11H12Cl2FN. The lowest BCUT2D eigenvalue weighted by Gasteiger charge is -2.24. The quantitative estimate of drug-likeness (QED) is 0.742. The van der Waals surface area contributed by atoms with E-state index in [1.165, 1.54) is 12.8 Å². The van der Waals surface area contributed by atoms with E-state index in [4.69, 9.17) is 23.2 Å². The fourth-order valence-corrected chi connectivity index (χ4v) is 2.42. The highest BCUT2D eigenvalue weighted by Crippen LogP contribution is 2.30. The molecule has 0 spiro atoms. The van der Waals surface area contributed by atoms with Gasteiger partial charge in [-0.05, 0) is 37.1 Å². The summed E-state index contributed by atoms with van der Waals surface area (Å²) in [5.41, 5.74) is 0.978. The zero-order valence-corrected chi connectivity index (χ0v) is 9.71. The van der Waals surface area contributed by atoms with Crippen LogP contribution in [0.1, 0.15) is 30.9 Å². The largest absolute Gasteiger partial charge is 0.310 e. The van der Waals surface area contributed by atoms with Crippen LogP contribution in [0, 0.1) is 5.82 Å². The van der Waals surface area contributed by atoms with Crippen LogP contribution in [0.4, 0.5) is 4.39 Å². The molecule has 2 rings (SSSR count). The van der Waals surface area contributed by atoms with E-state index in [-0.39, 0.29) is 16.1 Å². The Balaban J connectivity index is 2.27. The highest BCUT2D eigenvalue weighted by atomic mass is 35.5. The monoisotopic (exact) mass is 247 g/mol. The van der Waals surface area contributed by atoms with Crippen LogP contribution in [0.5, 0.6) is 0 Å². The Morgan fingerprint density at radius 2 is 1.87 bits per heavy atom. The highest BCUT2D eigenvalue weighted by molar-refractivity contribution is 6.35. The number of hydrogen-bond donors (Lipinski definition) is 1. The smallest absolute Gasteiger partial charge is 0.160 e. The van der Waals surface area contributed by atoms with Crippen LogP contribution >= 0.6 is 23.2 Å². The fraction of sp³-hybridized carbons (Fsp3) is 0.455. The van der Waals surface area contributed by atoms with E-state index in [9.17, 15) is 4.39 Å². The summed E-state index contributed by atoms with van der Waals surface area (Å²) in [6, 6.07) is 3.58. The molecule has 0 aliphatic carbocycles. The molecule has 1 aliphatic rings. The van der Waals surface area contributed by atoms with Gasteiger partial charge in [-0.3, -0.25) is 0 Å². The van der Waals surface area contributed by atoms with Crippen molar-refractivity contribution in [2.45, 2.75) is 25.3 Å². The van der Waals surface area contributed by atoms with Crippen LogP contribution < -0.4 is 5.32 Å². The van der Waals surface area contributed by atoms with Gasteiger partial charge in [-0.25, -0.2) is 4.39 Å². The molecule has 1 fully saturated rings. The topological polar surface area (TPSA) is 12.0 Å². The summed E-state index contributed by atoms with van der Waals surface area (Å²) >= 11 is 11.5. The van der Waals surface area contributed by atoms with Gasteiger partial charge in [0.25, 0.3) is 0 Å². The number of halogens is 3. The molecule has 82 valence electrons. The fourth-order valence-electron chi connectivity index (χ4n) is 1.91. The van der Waals surface area contributed by atoms with Crippen LogP contribution in [0.15, 0.2) is 12.1 Å². The Morgan fingerprint density at radius 1 is 1.20 bits per heavy atom. The summed E-state index contributed by atoms with van der Waals surface area (Å²) in [6.07, 6.45) is 3.43. The number of benzene rings is 1. The van der Waals surface area contributed by atoms with E-state index in [1.807, 2.05) is 0 Å². The van der Waals surface area contributed by atoms with Gasteiger partial charge in [-0.15, -0.1) is 0 Å². The average Bonchev–Trinajstić information content (AvgIpc) is 2.26. The van der Waals surface area contributed by atoms with Crippen LogP contribution in [0.25, 0.3) is 0 Å². The minimum atomic E-state index is -0.530. The molecule has 1 N–H and O–H groups in total. The Hall–Kier alpha value is -0.310. The number of hydrogen-bond acceptors (Lipinski definition) is 1. The van der Waals surface area contributed by atoms with Gasteiger partial charge >= 0.3 is 0 Å². The molecule has 1 atom stereocenters. The summed E-state index contributed by atoms with van der Waals surface area (Å²) in [7, 11) is 0. The zero-order chi connectivity index (χ0) is 10.8. The summed E-state index contributed by atoms with van der Waals surface area (Å²) in [4.78, 5) is 0. The molecule has 1 aromatic carbocycles. The highest BCUT2D eigenvalue weighted by Gasteiger charge is 2.17. The summed E-state index contributed by atoms with van der Waals surface area (Å²) in [5, 5.41) is 3.57. The lowest BCUT2D eigenvalue weighted by molar-refractivity contribution is 0.412. The van der Waals surface area contributed by atoms with Crippen molar-refractivity contribution in [3.05, 3.63) is 33.6 Å². The summed E-state index contributed by atoms with van der Waals surface area (Å²) in [5.74, 6) is -0.530. The summed E-state index contributed by atoms with van der Waals surface area (Å²) in [6.45, 7) is 0.997. The SMILES string of the molecule is Fc1c(Cl)cc(C2CCCCN2)cc1Cl. The molecule has 1 heterocycles. The van der Waals surface area contributed by atoms with Gasteiger partial charge in [0, 0.05) is 6.04 Å². The van der Waals surface area contributed by atoms with Gasteiger partial charge in [-0.1, -0.05) is 29.6 Å². The van der Waals surface area contributed by atoms with Gasteiger partial charge in [0.15, 0.2) is 5.82 Å². The Labute approximate surface area is 98.6 Å². The third kappa shape index (κ3) is 2.44. The van der Waals surface area contributed by atoms with Crippen molar-refractivity contribution in [2.75, 3.05) is 6.54 Å². The van der Waals surface area contributed by atoms with Crippen molar-refractivity contribution in [1.82, 2.24) is 5.32 Å². The Morgan fingerprint density at radius 3 is 2.40 bits per heavy atom. The van der Waals surface area contributed by atoms with Crippen molar-refractivity contribution < 1.29 is 4.39 Å². The normalized spacial score (nSPS) is 21.7. The van der Waals surface area contributed by atoms with E-state index in [0.717, 1.165) is 18.5 Å². The maximum absolute atomic E-state index is 13.2. The van der Waals surface area contributed by atoms with Crippen LogP contribution in [-0.4, -0.2) is 6.54 Å². The van der Waals surface area contributed by atoms with Gasteiger partial charge in [0.05, 0.1) is 10.0 Å². The minimum absolute atomic E-state index is 0.102. The van der Waals surface area contributed by atoms with Gasteiger partial charge in [-0.2, -0.15) is 0 Å². The van der Waals surface area contributed by atoms with Crippen molar-refractivity contribution in [2.24, 2.45) is 0 Å². The van der Waals surface area contributed by atoms with Crippen molar-refractivity contribution in [3.63, 3.8) is 0 Å². The lowest BCUT2D eigenvalue weighted by Crippen LogP contribution is -2.26. The second kappa shape index (κ2) is 4.69. The Kier molecular flexibility index (Phi) is 3.49. The molecular weight excluding hydrogens is 236 g/mol. The van der Waals surface area contributed by atoms with E-state index < -0.39 is 5.82 Å². The molecule has 0 bridgehead atoms. The molecule has 1 nitrogen and oxygen atoms in total. The molecule has 15 heavy (non-hydrogen) atoms. The number of nitrogens with one attached hydrogen (secondary N) is 1. The standard InChI is InChI=1S/C11H12Cl2FN/c12-8-5-7(6-9(13)11(8)14)10-3-1-2-4-15-10/h5-6,10,15H,1-4H2. The minimum Gasteiger partial charge on any atom is -0.310 e. The lowest BCUT2D eigenvalue weighted by atomic mass is 9.97. The average molecular weight is 248 g/mol. The summed E-state index contributed by atoms with van der Waals surface area (Å²) < 4.78 is 13.2. The first-order chi connectivity index (χ1) is 7.18. The maximum atomic E-state index is 13.2. The molecule has 4 heteroatoms. The van der Waals surface area contributed by atoms with E-state index in [0.29, 0.717) is 0 Å². The van der Waals surface area contributed by atoms with Crippen LogP contribution in [0.3, 0.4) is 0 Å². The first kappa shape index (κ1) is 11.2. The molecule has 0 saturated carbocycles. The predicted octanol–water partition coefficient (Wildman–Crippen LogP) is 3.95. The van der Waals surface area contributed by atoms with Gasteiger partial charge < -0.3 is 5.32 Å². The Bertz CT molecular complexity index is 339. The third-order valence-electron chi connectivity index (χ3n) is 2.72. The van der Waals surface area contributed by atoms with E-state index in [2.05, 4.69) is 5.32 Å². The first-order valence-corrected chi connectivity index (χ1v) is 5.82.